The average molecular weight is 579 g/mol. The number of ether oxygens (including phenoxy) is 1. The monoisotopic (exact) mass is 578 g/mol. The van der Waals surface area contributed by atoms with Crippen molar-refractivity contribution in [1.82, 2.24) is 20.9 Å². The number of carbonyl (C=O) groups is 2. The summed E-state index contributed by atoms with van der Waals surface area (Å²) in [5.74, 6) is -0.736. The highest BCUT2D eigenvalue weighted by Crippen LogP contribution is 2.47. The molecule has 1 heterocycles. The first-order valence-corrected chi connectivity index (χ1v) is 15.5. The third-order valence-corrected chi connectivity index (χ3v) is 10.1. The van der Waals surface area contributed by atoms with Crippen molar-refractivity contribution in [3.05, 3.63) is 29.0 Å². The van der Waals surface area contributed by atoms with Crippen LogP contribution in [0.25, 0.3) is 0 Å². The molecular weight excluding hydrogens is 535 g/mol. The van der Waals surface area contributed by atoms with E-state index in [4.69, 9.17) is 16.3 Å². The van der Waals surface area contributed by atoms with Crippen molar-refractivity contribution < 1.29 is 23.8 Å². The SMILES string of the molecule is O=C(COc1ccc(Cl)c(F)c1)NC12CCC(NC(=O)C3CCN(C4CCCCCCCC4)CN3)(CC1)C(O)C2. The van der Waals surface area contributed by atoms with Crippen molar-refractivity contribution in [2.75, 3.05) is 19.8 Å². The molecule has 4 saturated carbocycles. The van der Waals surface area contributed by atoms with Gasteiger partial charge in [-0.05, 0) is 63.5 Å². The number of nitrogens with zero attached hydrogens (tertiary/aromatic N) is 1. The summed E-state index contributed by atoms with van der Waals surface area (Å²) in [6, 6.07) is 4.39. The Labute approximate surface area is 241 Å². The molecule has 0 aromatic heterocycles. The molecule has 6 rings (SSSR count). The van der Waals surface area contributed by atoms with Crippen molar-refractivity contribution in [2.24, 2.45) is 0 Å². The van der Waals surface area contributed by atoms with Gasteiger partial charge in [-0.3, -0.25) is 19.8 Å². The summed E-state index contributed by atoms with van der Waals surface area (Å²) < 4.78 is 19.1. The summed E-state index contributed by atoms with van der Waals surface area (Å²) in [4.78, 5) is 28.5. The Morgan fingerprint density at radius 3 is 2.38 bits per heavy atom. The molecule has 4 N–H and O–H groups in total. The normalized spacial score (nSPS) is 32.0. The first-order chi connectivity index (χ1) is 19.3. The van der Waals surface area contributed by atoms with Crippen LogP contribution < -0.4 is 20.7 Å². The molecule has 0 radical (unpaired) electrons. The number of aliphatic hydroxyl groups is 1. The third kappa shape index (κ3) is 6.92. The molecule has 2 unspecified atom stereocenters. The number of rotatable bonds is 7. The van der Waals surface area contributed by atoms with Crippen LogP contribution in [0, 0.1) is 5.82 Å². The topological polar surface area (TPSA) is 103 Å². The van der Waals surface area contributed by atoms with Crippen LogP contribution in [0.15, 0.2) is 18.2 Å². The van der Waals surface area contributed by atoms with Crippen LogP contribution in [0.3, 0.4) is 0 Å². The number of halogens is 2. The molecule has 222 valence electrons. The fraction of sp³-hybridized carbons (Fsp3) is 0.733. The minimum absolute atomic E-state index is 0.00796. The maximum Gasteiger partial charge on any atom is 0.258 e. The van der Waals surface area contributed by atoms with Crippen molar-refractivity contribution >= 4 is 23.4 Å². The van der Waals surface area contributed by atoms with Crippen LogP contribution in [-0.2, 0) is 9.59 Å². The Balaban J connectivity index is 1.08. The number of benzene rings is 1. The van der Waals surface area contributed by atoms with E-state index in [1.165, 1.54) is 63.5 Å². The Morgan fingerprint density at radius 1 is 1.05 bits per heavy atom. The fourth-order valence-corrected chi connectivity index (χ4v) is 7.37. The predicted octanol–water partition coefficient (Wildman–Crippen LogP) is 4.03. The minimum atomic E-state index is -0.746. The zero-order chi connectivity index (χ0) is 28.2. The van der Waals surface area contributed by atoms with Gasteiger partial charge in [-0.25, -0.2) is 4.39 Å². The highest BCUT2D eigenvalue weighted by molar-refractivity contribution is 6.30. The predicted molar refractivity (Wildman–Crippen MR) is 152 cm³/mol. The van der Waals surface area contributed by atoms with Gasteiger partial charge in [0.15, 0.2) is 6.61 Å². The molecular formula is C30H44ClFN4O4. The Kier molecular flexibility index (Phi) is 9.55. The van der Waals surface area contributed by atoms with Crippen LogP contribution in [0.5, 0.6) is 5.75 Å². The average Bonchev–Trinajstić information content (AvgIpc) is 3.09. The first kappa shape index (κ1) is 29.5. The molecule has 8 nitrogen and oxygen atoms in total. The molecule has 1 aromatic carbocycles. The maximum atomic E-state index is 13.6. The van der Waals surface area contributed by atoms with Crippen LogP contribution in [-0.4, -0.2) is 70.9 Å². The van der Waals surface area contributed by atoms with E-state index in [0.717, 1.165) is 25.7 Å². The summed E-state index contributed by atoms with van der Waals surface area (Å²) in [7, 11) is 0. The van der Waals surface area contributed by atoms with Gasteiger partial charge in [0.05, 0.1) is 22.7 Å². The van der Waals surface area contributed by atoms with E-state index in [-0.39, 0.29) is 35.2 Å². The number of aliphatic hydroxyl groups excluding tert-OH is 1. The summed E-state index contributed by atoms with van der Waals surface area (Å²) in [5.41, 5.74) is -1.19. The van der Waals surface area contributed by atoms with Crippen LogP contribution in [0.1, 0.15) is 89.9 Å². The van der Waals surface area contributed by atoms with E-state index < -0.39 is 23.0 Å². The molecule has 1 aliphatic heterocycles. The summed E-state index contributed by atoms with van der Waals surface area (Å²) >= 11 is 5.70. The molecule has 10 heteroatoms. The second kappa shape index (κ2) is 12.9. The molecule has 4 aliphatic carbocycles. The van der Waals surface area contributed by atoms with Gasteiger partial charge in [-0.2, -0.15) is 0 Å². The lowest BCUT2D eigenvalue weighted by Crippen LogP contribution is -2.71. The molecule has 5 aliphatic rings. The van der Waals surface area contributed by atoms with E-state index in [1.54, 1.807) is 0 Å². The first-order valence-electron chi connectivity index (χ1n) is 15.1. The molecule has 1 aromatic rings. The Hall–Kier alpha value is -1.94. The van der Waals surface area contributed by atoms with E-state index >= 15 is 0 Å². The summed E-state index contributed by atoms with van der Waals surface area (Å²) in [5, 5.41) is 20.9. The van der Waals surface area contributed by atoms with Gasteiger partial charge in [0, 0.05) is 30.9 Å². The lowest BCUT2D eigenvalue weighted by molar-refractivity contribution is -0.137. The van der Waals surface area contributed by atoms with Gasteiger partial charge in [-0.15, -0.1) is 0 Å². The number of hydrogen-bond acceptors (Lipinski definition) is 6. The second-order valence-corrected chi connectivity index (χ2v) is 12.8. The maximum absolute atomic E-state index is 13.6. The number of carbonyl (C=O) groups excluding carboxylic acids is 2. The van der Waals surface area contributed by atoms with Gasteiger partial charge in [0.2, 0.25) is 5.91 Å². The quantitative estimate of drug-likeness (QED) is 0.390. The molecule has 0 spiro atoms. The third-order valence-electron chi connectivity index (χ3n) is 9.76. The molecule has 5 fully saturated rings. The molecule has 1 saturated heterocycles. The van der Waals surface area contributed by atoms with Crippen molar-refractivity contribution in [3.63, 3.8) is 0 Å². The zero-order valence-electron chi connectivity index (χ0n) is 23.4. The molecule has 2 amide bonds. The van der Waals surface area contributed by atoms with Gasteiger partial charge < -0.3 is 20.5 Å². The standard InChI is InChI=1S/C30H44ClFN4O4/c31-23-10-9-22(17-24(23)32)40-19-27(38)34-29-12-14-30(15-13-29,26(37)18-29)35-28(39)25-11-16-36(20-33-25)21-7-5-3-1-2-4-6-8-21/h9-10,17,21,25-26,33,37H,1-8,11-16,18-20H2,(H,34,38)(H,35,39). The van der Waals surface area contributed by atoms with Gasteiger partial charge in [-0.1, -0.05) is 50.1 Å². The van der Waals surface area contributed by atoms with Crippen molar-refractivity contribution in [3.8, 4) is 5.75 Å². The molecule has 2 atom stereocenters. The Morgan fingerprint density at radius 2 is 1.75 bits per heavy atom. The highest BCUT2D eigenvalue weighted by atomic mass is 35.5. The molecule has 2 bridgehead atoms. The summed E-state index contributed by atoms with van der Waals surface area (Å²) in [6.07, 6.45) is 13.4. The van der Waals surface area contributed by atoms with E-state index in [9.17, 15) is 19.1 Å². The minimum Gasteiger partial charge on any atom is -0.484 e. The van der Waals surface area contributed by atoms with Gasteiger partial charge in [0.1, 0.15) is 11.6 Å². The van der Waals surface area contributed by atoms with E-state index in [2.05, 4.69) is 20.9 Å². The zero-order valence-corrected chi connectivity index (χ0v) is 24.1. The van der Waals surface area contributed by atoms with Gasteiger partial charge >= 0.3 is 0 Å². The fourth-order valence-electron chi connectivity index (χ4n) is 7.26. The Bertz CT molecular complexity index is 1030. The van der Waals surface area contributed by atoms with Gasteiger partial charge in [0.25, 0.3) is 5.91 Å². The lowest BCUT2D eigenvalue weighted by Gasteiger charge is -2.56. The number of hydrogen-bond donors (Lipinski definition) is 4. The van der Waals surface area contributed by atoms with Crippen molar-refractivity contribution in [1.29, 1.82) is 0 Å². The summed E-state index contributed by atoms with van der Waals surface area (Å²) in [6.45, 7) is 1.40. The largest absolute Gasteiger partial charge is 0.484 e. The van der Waals surface area contributed by atoms with Crippen LogP contribution in [0.4, 0.5) is 4.39 Å². The smallest absolute Gasteiger partial charge is 0.258 e. The highest BCUT2D eigenvalue weighted by Gasteiger charge is 2.55. The van der Waals surface area contributed by atoms with E-state index in [0.29, 0.717) is 38.1 Å². The number of fused-ring (bicyclic) bond motifs is 3. The van der Waals surface area contributed by atoms with Crippen LogP contribution >= 0.6 is 11.6 Å². The number of nitrogens with one attached hydrogen (secondary N) is 3. The van der Waals surface area contributed by atoms with E-state index in [1.807, 2.05) is 0 Å². The number of amides is 2. The van der Waals surface area contributed by atoms with Crippen LogP contribution in [0.2, 0.25) is 5.02 Å². The van der Waals surface area contributed by atoms with Crippen molar-refractivity contribution in [2.45, 2.75) is 119 Å². The molecule has 40 heavy (non-hydrogen) atoms. The second-order valence-electron chi connectivity index (χ2n) is 12.4. The lowest BCUT2D eigenvalue weighted by atomic mass is 9.59.